The van der Waals surface area contributed by atoms with E-state index in [1.165, 1.54) is 11.6 Å². The number of aryl methyl sites for hydroxylation is 2. The van der Waals surface area contributed by atoms with E-state index in [2.05, 4.69) is 4.98 Å². The second-order valence-electron chi connectivity index (χ2n) is 5.47. The first-order valence-corrected chi connectivity index (χ1v) is 7.86. The lowest BCUT2D eigenvalue weighted by molar-refractivity contribution is 0.302. The molecule has 0 aliphatic carbocycles. The van der Waals surface area contributed by atoms with E-state index in [1.54, 1.807) is 42.2 Å². The third-order valence-corrected chi connectivity index (χ3v) is 4.09. The topological polar surface area (TPSA) is 71.0 Å². The second kappa shape index (κ2) is 6.52. The summed E-state index contributed by atoms with van der Waals surface area (Å²) in [4.78, 5) is 28.4. The van der Waals surface area contributed by atoms with Gasteiger partial charge in [0.25, 0.3) is 5.56 Å². The molecule has 0 saturated carbocycles. The Balaban J connectivity index is 1.73. The van der Waals surface area contributed by atoms with Crippen molar-refractivity contribution in [2.45, 2.75) is 13.0 Å². The van der Waals surface area contributed by atoms with E-state index >= 15 is 0 Å². The van der Waals surface area contributed by atoms with Gasteiger partial charge in [0.05, 0.1) is 12.9 Å². The molecule has 7 nitrogen and oxygen atoms in total. The summed E-state index contributed by atoms with van der Waals surface area (Å²) in [7, 11) is 3.07. The number of nitrogens with zero attached hydrogens (tertiary/aromatic N) is 4. The summed E-state index contributed by atoms with van der Waals surface area (Å²) in [5, 5.41) is 0.661. The quantitative estimate of drug-likeness (QED) is 0.656. The van der Waals surface area contributed by atoms with E-state index in [4.69, 9.17) is 16.3 Å². The summed E-state index contributed by atoms with van der Waals surface area (Å²) in [5.41, 5.74) is 0.0841. The number of halogens is 1. The van der Waals surface area contributed by atoms with E-state index in [9.17, 15) is 9.59 Å². The molecule has 0 unspecified atom stereocenters. The summed E-state index contributed by atoms with van der Waals surface area (Å²) in [6.07, 6.45) is 2.27. The number of imidazole rings is 1. The zero-order valence-electron chi connectivity index (χ0n) is 13.4. The minimum atomic E-state index is -0.385. The van der Waals surface area contributed by atoms with Gasteiger partial charge < -0.3 is 9.30 Å². The molecular formula is C16H17ClN4O3. The zero-order chi connectivity index (χ0) is 17.3. The Hall–Kier alpha value is -2.54. The summed E-state index contributed by atoms with van der Waals surface area (Å²) in [6.45, 7) is 1.06. The number of hydrogen-bond donors (Lipinski definition) is 0. The van der Waals surface area contributed by atoms with Gasteiger partial charge in [-0.2, -0.15) is 0 Å². The predicted octanol–water partition coefficient (Wildman–Crippen LogP) is 1.56. The van der Waals surface area contributed by atoms with Crippen LogP contribution in [0.2, 0.25) is 5.02 Å². The predicted molar refractivity (Wildman–Crippen MR) is 91.8 cm³/mol. The number of ether oxygens (including phenoxy) is 1. The Morgan fingerprint density at radius 2 is 1.83 bits per heavy atom. The minimum absolute atomic E-state index is 0.343. The smallest absolute Gasteiger partial charge is 0.332 e. The van der Waals surface area contributed by atoms with E-state index in [-0.39, 0.29) is 11.2 Å². The van der Waals surface area contributed by atoms with Gasteiger partial charge in [0.15, 0.2) is 11.2 Å². The third-order valence-electron chi connectivity index (χ3n) is 3.84. The van der Waals surface area contributed by atoms with Crippen molar-refractivity contribution in [3.8, 4) is 5.75 Å². The number of benzene rings is 1. The molecule has 3 rings (SSSR count). The van der Waals surface area contributed by atoms with Gasteiger partial charge in [0.2, 0.25) is 0 Å². The first kappa shape index (κ1) is 16.3. The average Bonchev–Trinajstić information content (AvgIpc) is 3.00. The van der Waals surface area contributed by atoms with Crippen LogP contribution in [0, 0.1) is 0 Å². The van der Waals surface area contributed by atoms with Gasteiger partial charge in [-0.1, -0.05) is 11.6 Å². The van der Waals surface area contributed by atoms with Crippen LogP contribution < -0.4 is 16.0 Å². The second-order valence-corrected chi connectivity index (χ2v) is 5.91. The Kier molecular flexibility index (Phi) is 4.44. The molecule has 0 spiro atoms. The van der Waals surface area contributed by atoms with Gasteiger partial charge in [-0.3, -0.25) is 13.9 Å². The van der Waals surface area contributed by atoms with E-state index in [0.717, 1.165) is 10.3 Å². The van der Waals surface area contributed by atoms with Crippen molar-refractivity contribution in [2.75, 3.05) is 6.61 Å². The van der Waals surface area contributed by atoms with E-state index < -0.39 is 0 Å². The molecule has 0 bridgehead atoms. The molecule has 0 radical (unpaired) electrons. The lowest BCUT2D eigenvalue weighted by Gasteiger charge is -2.08. The number of fused-ring (bicyclic) bond motifs is 1. The first-order chi connectivity index (χ1) is 11.5. The Bertz CT molecular complexity index is 985. The maximum atomic E-state index is 12.3. The van der Waals surface area contributed by atoms with Crippen molar-refractivity contribution in [2.24, 2.45) is 14.1 Å². The van der Waals surface area contributed by atoms with Crippen molar-refractivity contribution >= 4 is 22.8 Å². The molecule has 126 valence electrons. The van der Waals surface area contributed by atoms with Gasteiger partial charge in [-0.15, -0.1) is 0 Å². The minimum Gasteiger partial charge on any atom is -0.494 e. The van der Waals surface area contributed by atoms with Crippen LogP contribution in [0.3, 0.4) is 0 Å². The maximum absolute atomic E-state index is 12.3. The molecule has 8 heteroatoms. The molecule has 3 aromatic rings. The number of hydrogen-bond acceptors (Lipinski definition) is 4. The van der Waals surface area contributed by atoms with Crippen LogP contribution in [0.4, 0.5) is 0 Å². The molecule has 0 amide bonds. The van der Waals surface area contributed by atoms with Gasteiger partial charge in [-0.25, -0.2) is 9.78 Å². The van der Waals surface area contributed by atoms with Crippen LogP contribution in [0.25, 0.3) is 11.2 Å². The number of rotatable bonds is 5. The molecule has 0 aliphatic heterocycles. The highest BCUT2D eigenvalue weighted by Gasteiger charge is 2.13. The van der Waals surface area contributed by atoms with Crippen molar-refractivity contribution in [1.82, 2.24) is 18.7 Å². The molecule has 0 fully saturated rings. The Labute approximate surface area is 142 Å². The van der Waals surface area contributed by atoms with Gasteiger partial charge in [-0.05, 0) is 30.7 Å². The van der Waals surface area contributed by atoms with Crippen LogP contribution in [0.15, 0.2) is 40.2 Å². The highest BCUT2D eigenvalue weighted by atomic mass is 35.5. The number of aromatic nitrogens is 4. The normalized spacial score (nSPS) is 11.1. The Morgan fingerprint density at radius 1 is 1.12 bits per heavy atom. The molecule has 0 N–H and O–H groups in total. The molecule has 0 aliphatic rings. The summed E-state index contributed by atoms with van der Waals surface area (Å²) in [5.74, 6) is 0.744. The van der Waals surface area contributed by atoms with E-state index in [1.807, 2.05) is 0 Å². The molecule has 0 saturated heterocycles. The van der Waals surface area contributed by atoms with Crippen molar-refractivity contribution < 1.29 is 4.74 Å². The summed E-state index contributed by atoms with van der Waals surface area (Å²) in [6, 6.07) is 7.15. The summed E-state index contributed by atoms with van der Waals surface area (Å²) < 4.78 is 9.85. The fourth-order valence-corrected chi connectivity index (χ4v) is 2.65. The fraction of sp³-hybridized carbons (Fsp3) is 0.312. The SMILES string of the molecule is Cn1c(=O)c2c(ncn2CCCOc2ccc(Cl)cc2)n(C)c1=O. The van der Waals surface area contributed by atoms with Gasteiger partial charge in [0, 0.05) is 25.7 Å². The average molecular weight is 349 g/mol. The lowest BCUT2D eigenvalue weighted by atomic mass is 10.3. The molecule has 2 heterocycles. The van der Waals surface area contributed by atoms with Crippen LogP contribution in [0.1, 0.15) is 6.42 Å². The lowest BCUT2D eigenvalue weighted by Crippen LogP contribution is -2.37. The van der Waals surface area contributed by atoms with Gasteiger partial charge >= 0.3 is 5.69 Å². The highest BCUT2D eigenvalue weighted by molar-refractivity contribution is 6.30. The Morgan fingerprint density at radius 3 is 2.54 bits per heavy atom. The monoisotopic (exact) mass is 348 g/mol. The molecule has 24 heavy (non-hydrogen) atoms. The van der Waals surface area contributed by atoms with Gasteiger partial charge in [0.1, 0.15) is 5.75 Å². The van der Waals surface area contributed by atoms with Crippen LogP contribution in [-0.2, 0) is 20.6 Å². The van der Waals surface area contributed by atoms with Crippen molar-refractivity contribution in [1.29, 1.82) is 0 Å². The van der Waals surface area contributed by atoms with Crippen LogP contribution in [0.5, 0.6) is 5.75 Å². The summed E-state index contributed by atoms with van der Waals surface area (Å²) >= 11 is 5.83. The zero-order valence-corrected chi connectivity index (χ0v) is 14.2. The molecule has 0 atom stereocenters. The van der Waals surface area contributed by atoms with Crippen LogP contribution >= 0.6 is 11.6 Å². The molecular weight excluding hydrogens is 332 g/mol. The molecule has 2 aromatic heterocycles. The third kappa shape index (κ3) is 2.94. The fourth-order valence-electron chi connectivity index (χ4n) is 2.52. The first-order valence-electron chi connectivity index (χ1n) is 7.48. The van der Waals surface area contributed by atoms with Crippen molar-refractivity contribution in [3.63, 3.8) is 0 Å². The maximum Gasteiger partial charge on any atom is 0.332 e. The van der Waals surface area contributed by atoms with E-state index in [0.29, 0.717) is 35.8 Å². The van der Waals surface area contributed by atoms with Crippen molar-refractivity contribution in [3.05, 3.63) is 56.5 Å². The molecule has 1 aromatic carbocycles. The highest BCUT2D eigenvalue weighted by Crippen LogP contribution is 2.15. The standard InChI is InChI=1S/C16H17ClN4O3/c1-19-14-13(15(22)20(2)16(19)23)21(10-18-14)8-3-9-24-12-6-4-11(17)5-7-12/h4-7,10H,3,8-9H2,1-2H3. The van der Waals surface area contributed by atoms with Crippen LogP contribution in [-0.4, -0.2) is 25.3 Å². The largest absolute Gasteiger partial charge is 0.494 e.